The van der Waals surface area contributed by atoms with Gasteiger partial charge in [-0.3, -0.25) is 0 Å². The van der Waals surface area contributed by atoms with E-state index in [4.69, 9.17) is 0 Å². The maximum absolute atomic E-state index is 4.69. The fourth-order valence-electron chi connectivity index (χ4n) is 2.47. The second kappa shape index (κ2) is 5.80. The van der Waals surface area contributed by atoms with Crippen LogP contribution in [0.15, 0.2) is 41.0 Å². The van der Waals surface area contributed by atoms with Gasteiger partial charge in [0.15, 0.2) is 0 Å². The molecule has 1 atom stereocenters. The van der Waals surface area contributed by atoms with E-state index in [9.17, 15) is 0 Å². The van der Waals surface area contributed by atoms with Crippen LogP contribution in [0.25, 0.3) is 11.3 Å². The van der Waals surface area contributed by atoms with Crippen molar-refractivity contribution in [2.45, 2.75) is 25.3 Å². The summed E-state index contributed by atoms with van der Waals surface area (Å²) in [6.45, 7) is 1.12. The van der Waals surface area contributed by atoms with Crippen molar-refractivity contribution in [1.29, 1.82) is 0 Å². The normalized spacial score (nSPS) is 18.7. The Balaban J connectivity index is 1.85. The highest BCUT2D eigenvalue weighted by Crippen LogP contribution is 2.26. The first-order valence-corrected chi connectivity index (χ1v) is 7.42. The van der Waals surface area contributed by atoms with Gasteiger partial charge >= 0.3 is 0 Å². The van der Waals surface area contributed by atoms with Crippen LogP contribution in [0.4, 0.5) is 0 Å². The Kier molecular flexibility index (Phi) is 3.89. The van der Waals surface area contributed by atoms with Gasteiger partial charge in [0.1, 0.15) is 5.82 Å². The lowest BCUT2D eigenvalue weighted by molar-refractivity contribution is 0.585. The van der Waals surface area contributed by atoms with Gasteiger partial charge in [0, 0.05) is 28.7 Å². The molecule has 1 aliphatic heterocycles. The second-order valence-electron chi connectivity index (χ2n) is 4.84. The average Bonchev–Trinajstić information content (AvgIpc) is 2.92. The van der Waals surface area contributed by atoms with E-state index in [1.54, 1.807) is 0 Å². The number of hydrogen-bond acceptors (Lipinski definition) is 3. The molecule has 0 amide bonds. The van der Waals surface area contributed by atoms with Crippen LogP contribution in [0.5, 0.6) is 0 Å². The Morgan fingerprint density at radius 1 is 1.26 bits per heavy atom. The maximum Gasteiger partial charge on any atom is 0.130 e. The summed E-state index contributed by atoms with van der Waals surface area (Å²) in [7, 11) is 0. The molecule has 1 N–H and O–H groups in total. The summed E-state index contributed by atoms with van der Waals surface area (Å²) < 4.78 is 1.07. The minimum Gasteiger partial charge on any atom is -0.314 e. The minimum atomic E-state index is 0.537. The number of hydrogen-bond donors (Lipinski definition) is 1. The molecule has 0 bridgehead atoms. The van der Waals surface area contributed by atoms with Gasteiger partial charge in [-0.15, -0.1) is 0 Å². The molecule has 19 heavy (non-hydrogen) atoms. The van der Waals surface area contributed by atoms with Crippen molar-refractivity contribution in [2.75, 3.05) is 6.54 Å². The van der Waals surface area contributed by atoms with Crippen molar-refractivity contribution in [3.63, 3.8) is 0 Å². The Hall–Kier alpha value is -1.26. The van der Waals surface area contributed by atoms with Crippen molar-refractivity contribution < 1.29 is 0 Å². The van der Waals surface area contributed by atoms with Gasteiger partial charge in [-0.05, 0) is 31.5 Å². The lowest BCUT2D eigenvalue weighted by atomic mass is 10.1. The molecule has 2 heterocycles. The van der Waals surface area contributed by atoms with Crippen LogP contribution < -0.4 is 5.32 Å². The smallest absolute Gasteiger partial charge is 0.130 e. The molecule has 3 rings (SSSR count). The van der Waals surface area contributed by atoms with Crippen LogP contribution in [-0.4, -0.2) is 22.6 Å². The zero-order valence-electron chi connectivity index (χ0n) is 10.6. The van der Waals surface area contributed by atoms with E-state index in [0.29, 0.717) is 6.04 Å². The standard InChI is InChI=1S/C15H16BrN3/c16-13-6-2-1-5-12(13)14-7-9-18-15(19-14)10-11-4-3-8-17-11/h1-2,5-7,9,11,17H,3-4,8,10H2. The summed E-state index contributed by atoms with van der Waals surface area (Å²) in [5, 5.41) is 3.49. The molecule has 0 saturated carbocycles. The summed E-state index contributed by atoms with van der Waals surface area (Å²) in [6.07, 6.45) is 5.25. The predicted molar refractivity (Wildman–Crippen MR) is 79.9 cm³/mol. The van der Waals surface area contributed by atoms with E-state index in [-0.39, 0.29) is 0 Å². The highest BCUT2D eigenvalue weighted by atomic mass is 79.9. The van der Waals surface area contributed by atoms with Crippen molar-refractivity contribution >= 4 is 15.9 Å². The second-order valence-corrected chi connectivity index (χ2v) is 5.69. The molecule has 1 fully saturated rings. The number of benzene rings is 1. The van der Waals surface area contributed by atoms with E-state index in [1.807, 2.05) is 30.5 Å². The molecule has 0 spiro atoms. The van der Waals surface area contributed by atoms with E-state index in [1.165, 1.54) is 12.8 Å². The maximum atomic E-state index is 4.69. The van der Waals surface area contributed by atoms with Gasteiger partial charge in [-0.25, -0.2) is 9.97 Å². The quantitative estimate of drug-likeness (QED) is 0.944. The van der Waals surface area contributed by atoms with E-state index in [0.717, 1.165) is 34.5 Å². The average molecular weight is 318 g/mol. The molecule has 1 saturated heterocycles. The van der Waals surface area contributed by atoms with Gasteiger partial charge in [0.25, 0.3) is 0 Å². The lowest BCUT2D eigenvalue weighted by Gasteiger charge is -2.10. The largest absolute Gasteiger partial charge is 0.314 e. The topological polar surface area (TPSA) is 37.8 Å². The Bertz CT molecular complexity index is 565. The number of halogens is 1. The van der Waals surface area contributed by atoms with Crippen LogP contribution in [0, 0.1) is 0 Å². The molecule has 0 radical (unpaired) electrons. The summed E-state index contributed by atoms with van der Waals surface area (Å²) in [5.74, 6) is 0.924. The minimum absolute atomic E-state index is 0.537. The molecule has 1 aliphatic rings. The highest BCUT2D eigenvalue weighted by Gasteiger charge is 2.16. The lowest BCUT2D eigenvalue weighted by Crippen LogP contribution is -2.24. The predicted octanol–water partition coefficient (Wildman–Crippen LogP) is 3.20. The van der Waals surface area contributed by atoms with Crippen molar-refractivity contribution in [1.82, 2.24) is 15.3 Å². The van der Waals surface area contributed by atoms with Gasteiger partial charge in [-0.1, -0.05) is 34.1 Å². The third-order valence-electron chi connectivity index (χ3n) is 3.45. The zero-order valence-corrected chi connectivity index (χ0v) is 12.2. The molecule has 4 heteroatoms. The van der Waals surface area contributed by atoms with Gasteiger partial charge in [0.05, 0.1) is 5.69 Å². The number of nitrogens with zero attached hydrogens (tertiary/aromatic N) is 2. The summed E-state index contributed by atoms with van der Waals surface area (Å²) in [6, 6.07) is 10.7. The Morgan fingerprint density at radius 2 is 2.16 bits per heavy atom. The first kappa shape index (κ1) is 12.8. The molecular formula is C15H16BrN3. The Morgan fingerprint density at radius 3 is 2.95 bits per heavy atom. The third-order valence-corrected chi connectivity index (χ3v) is 4.14. The number of nitrogens with one attached hydrogen (secondary N) is 1. The number of rotatable bonds is 3. The SMILES string of the molecule is Brc1ccccc1-c1ccnc(CC2CCCN2)n1. The van der Waals surface area contributed by atoms with E-state index >= 15 is 0 Å². The number of aromatic nitrogens is 2. The first-order valence-electron chi connectivity index (χ1n) is 6.63. The molecule has 3 nitrogen and oxygen atoms in total. The summed E-state index contributed by atoms with van der Waals surface area (Å²) in [4.78, 5) is 9.08. The third kappa shape index (κ3) is 3.01. The summed E-state index contributed by atoms with van der Waals surface area (Å²) >= 11 is 3.57. The molecular weight excluding hydrogens is 302 g/mol. The van der Waals surface area contributed by atoms with Crippen LogP contribution >= 0.6 is 15.9 Å². The van der Waals surface area contributed by atoms with Crippen LogP contribution in [0.3, 0.4) is 0 Å². The zero-order chi connectivity index (χ0) is 13.1. The van der Waals surface area contributed by atoms with Gasteiger partial charge < -0.3 is 5.32 Å². The van der Waals surface area contributed by atoms with Crippen molar-refractivity contribution in [3.8, 4) is 11.3 Å². The summed E-state index contributed by atoms with van der Waals surface area (Å²) in [5.41, 5.74) is 2.10. The Labute approximate surface area is 121 Å². The molecule has 0 aliphatic carbocycles. The molecule has 1 unspecified atom stereocenters. The molecule has 2 aromatic rings. The monoisotopic (exact) mass is 317 g/mol. The fraction of sp³-hybridized carbons (Fsp3) is 0.333. The van der Waals surface area contributed by atoms with E-state index < -0.39 is 0 Å². The fourth-order valence-corrected chi connectivity index (χ4v) is 2.96. The molecule has 1 aromatic heterocycles. The molecule has 98 valence electrons. The van der Waals surface area contributed by atoms with Crippen LogP contribution in [0.1, 0.15) is 18.7 Å². The first-order chi connectivity index (χ1) is 9.33. The van der Waals surface area contributed by atoms with E-state index in [2.05, 4.69) is 37.3 Å². The van der Waals surface area contributed by atoms with Crippen molar-refractivity contribution in [2.24, 2.45) is 0 Å². The van der Waals surface area contributed by atoms with Crippen molar-refractivity contribution in [3.05, 3.63) is 46.8 Å². The van der Waals surface area contributed by atoms with Crippen LogP contribution in [0.2, 0.25) is 0 Å². The molecule has 1 aromatic carbocycles. The highest BCUT2D eigenvalue weighted by molar-refractivity contribution is 9.10. The van der Waals surface area contributed by atoms with Gasteiger partial charge in [-0.2, -0.15) is 0 Å². The van der Waals surface area contributed by atoms with Gasteiger partial charge in [0.2, 0.25) is 0 Å². The van der Waals surface area contributed by atoms with Crippen LogP contribution in [-0.2, 0) is 6.42 Å².